The largest absolute Gasteiger partial charge is 0.455 e. The maximum atomic E-state index is 13.4. The van der Waals surface area contributed by atoms with E-state index in [1.54, 1.807) is 12.1 Å². The van der Waals surface area contributed by atoms with E-state index >= 15 is 0 Å². The number of hydrogen-bond donors (Lipinski definition) is 2. The summed E-state index contributed by atoms with van der Waals surface area (Å²) in [6.45, 7) is 4.94. The number of benzene rings is 1. The summed E-state index contributed by atoms with van der Waals surface area (Å²) in [6, 6.07) is 6.80. The average Bonchev–Trinajstić information content (AvgIpc) is 3.17. The van der Waals surface area contributed by atoms with Crippen LogP contribution in [-0.4, -0.2) is 34.3 Å². The van der Waals surface area contributed by atoms with E-state index in [-0.39, 0.29) is 30.3 Å². The Kier molecular flexibility index (Phi) is 10.7. The highest BCUT2D eigenvalue weighted by Crippen LogP contribution is 2.37. The summed E-state index contributed by atoms with van der Waals surface area (Å²) in [6.07, 6.45) is -0.0620. The van der Waals surface area contributed by atoms with Gasteiger partial charge in [0.05, 0.1) is 12.2 Å². The fourth-order valence-corrected chi connectivity index (χ4v) is 3.77. The number of halogens is 4. The molecule has 0 saturated carbocycles. The van der Waals surface area contributed by atoms with Gasteiger partial charge >= 0.3 is 6.18 Å². The van der Waals surface area contributed by atoms with Crippen molar-refractivity contribution in [3.63, 3.8) is 0 Å². The second kappa shape index (κ2) is 13.2. The van der Waals surface area contributed by atoms with Gasteiger partial charge in [0.25, 0.3) is 5.91 Å². The third-order valence-corrected chi connectivity index (χ3v) is 5.45. The van der Waals surface area contributed by atoms with Crippen molar-refractivity contribution in [2.45, 2.75) is 59.2 Å². The third kappa shape index (κ3) is 8.80. The van der Waals surface area contributed by atoms with Crippen molar-refractivity contribution in [1.82, 2.24) is 10.2 Å². The van der Waals surface area contributed by atoms with Crippen LogP contribution in [0.25, 0.3) is 0 Å². The quantitative estimate of drug-likeness (QED) is 0.147. The number of allylic oxidation sites excluding steroid dienone is 1. The minimum Gasteiger partial charge on any atom is -0.455 e. The van der Waals surface area contributed by atoms with Crippen LogP contribution in [0.2, 0.25) is 0 Å². The van der Waals surface area contributed by atoms with E-state index in [4.69, 9.17) is 4.42 Å². The zero-order chi connectivity index (χ0) is 26.9. The Morgan fingerprint density at radius 2 is 1.97 bits per heavy atom. The molecule has 2 aromatic rings. The zero-order valence-electron chi connectivity index (χ0n) is 20.4. The Bertz CT molecular complexity index is 1050. The van der Waals surface area contributed by atoms with Gasteiger partial charge in [-0.2, -0.15) is 13.2 Å². The van der Waals surface area contributed by atoms with E-state index in [1.807, 2.05) is 6.92 Å². The number of nitrogens with one attached hydrogen (secondary N) is 1. The number of carbonyl (C=O) groups is 2. The maximum absolute atomic E-state index is 13.4. The molecule has 0 radical (unpaired) electrons. The van der Waals surface area contributed by atoms with Crippen LogP contribution in [0.4, 0.5) is 23.2 Å². The van der Waals surface area contributed by atoms with Crippen LogP contribution in [0.3, 0.4) is 0 Å². The molecule has 0 aliphatic carbocycles. The van der Waals surface area contributed by atoms with E-state index in [1.165, 1.54) is 32.0 Å². The molecule has 0 aliphatic heterocycles. The first kappa shape index (κ1) is 29.1. The molecule has 11 heteroatoms. The molecule has 198 valence electrons. The molecule has 0 unspecified atom stereocenters. The highest BCUT2D eigenvalue weighted by molar-refractivity contribution is 6.03. The summed E-state index contributed by atoms with van der Waals surface area (Å²) in [5.41, 5.74) is 0.325. The minimum absolute atomic E-state index is 0.0112. The molecular weight excluding hydrogens is 482 g/mol. The number of hydroxylamine groups is 1. The fraction of sp³-hybridized carbons (Fsp3) is 0.440. The molecule has 2 amide bonds. The standard InChI is InChI=1S/C25H31F4N3O4/c1-4-7-19(9-6-11-32(35)31(16-33)15-20-8-5-10-21(26)14-20)12-17(2)24(34)30-22-13-18(3)36-23(22)25(27,28)29/h5,8,10,12-14,16,19,35H,4,6-7,9,11,15H2,1-3H3,(H,30,34)/b17-12+/t19-/m0/s1. The lowest BCUT2D eigenvalue weighted by Crippen LogP contribution is -2.39. The molecule has 1 heterocycles. The number of rotatable bonds is 13. The molecule has 0 fully saturated rings. The van der Waals surface area contributed by atoms with Crippen molar-refractivity contribution < 1.29 is 36.8 Å². The van der Waals surface area contributed by atoms with Crippen LogP contribution in [0, 0.1) is 18.7 Å². The monoisotopic (exact) mass is 513 g/mol. The first-order valence-corrected chi connectivity index (χ1v) is 11.5. The Balaban J connectivity index is 1.96. The van der Waals surface area contributed by atoms with Crippen molar-refractivity contribution in [3.8, 4) is 0 Å². The lowest BCUT2D eigenvalue weighted by molar-refractivity contribution is -0.236. The van der Waals surface area contributed by atoms with Crippen LogP contribution >= 0.6 is 0 Å². The Morgan fingerprint density at radius 3 is 2.58 bits per heavy atom. The van der Waals surface area contributed by atoms with Gasteiger partial charge in [0.1, 0.15) is 11.6 Å². The Hall–Kier alpha value is -3.18. The maximum Gasteiger partial charge on any atom is 0.451 e. The molecule has 2 N–H and O–H groups in total. The summed E-state index contributed by atoms with van der Waals surface area (Å²) in [4.78, 5) is 23.9. The lowest BCUT2D eigenvalue weighted by atomic mass is 9.95. The molecule has 2 rings (SSSR count). The van der Waals surface area contributed by atoms with Gasteiger partial charge in [-0.1, -0.05) is 36.7 Å². The van der Waals surface area contributed by atoms with E-state index in [9.17, 15) is 32.4 Å². The molecule has 0 spiro atoms. The molecule has 1 aromatic carbocycles. The average molecular weight is 514 g/mol. The van der Waals surface area contributed by atoms with Crippen LogP contribution in [-0.2, 0) is 22.3 Å². The summed E-state index contributed by atoms with van der Waals surface area (Å²) < 4.78 is 57.4. The molecule has 1 atom stereocenters. The van der Waals surface area contributed by atoms with E-state index in [2.05, 4.69) is 5.32 Å². The predicted molar refractivity (Wildman–Crippen MR) is 125 cm³/mol. The molecule has 0 saturated heterocycles. The first-order valence-electron chi connectivity index (χ1n) is 11.5. The fourth-order valence-electron chi connectivity index (χ4n) is 3.77. The number of nitrogens with zero attached hydrogens (tertiary/aromatic N) is 2. The molecule has 36 heavy (non-hydrogen) atoms. The summed E-state index contributed by atoms with van der Waals surface area (Å²) >= 11 is 0. The van der Waals surface area contributed by atoms with Gasteiger partial charge in [0.15, 0.2) is 0 Å². The van der Waals surface area contributed by atoms with Gasteiger partial charge in [-0.25, -0.2) is 4.39 Å². The van der Waals surface area contributed by atoms with Gasteiger partial charge < -0.3 is 9.73 Å². The number of alkyl halides is 3. The molecule has 1 aromatic heterocycles. The van der Waals surface area contributed by atoms with Crippen molar-refractivity contribution in [3.05, 3.63) is 64.9 Å². The zero-order valence-corrected chi connectivity index (χ0v) is 20.4. The number of amides is 2. The van der Waals surface area contributed by atoms with Gasteiger partial charge in [0.2, 0.25) is 12.2 Å². The highest BCUT2D eigenvalue weighted by Gasteiger charge is 2.38. The third-order valence-electron chi connectivity index (χ3n) is 5.45. The van der Waals surface area contributed by atoms with Crippen molar-refractivity contribution >= 4 is 18.0 Å². The van der Waals surface area contributed by atoms with Gasteiger partial charge in [-0.05, 0) is 56.7 Å². The SMILES string of the molecule is CCC[C@H](/C=C(\C)C(=O)Nc1cc(C)oc1C(F)(F)F)CCCN(O)N(C=O)Cc1cccc(F)c1. The number of furan rings is 1. The lowest BCUT2D eigenvalue weighted by Gasteiger charge is -2.26. The Morgan fingerprint density at radius 1 is 1.25 bits per heavy atom. The number of carbonyl (C=O) groups excluding carboxylic acids is 2. The minimum atomic E-state index is -4.74. The summed E-state index contributed by atoms with van der Waals surface area (Å²) in [7, 11) is 0. The topological polar surface area (TPSA) is 86.0 Å². The molecule has 0 bridgehead atoms. The first-order chi connectivity index (χ1) is 16.9. The van der Waals surface area contributed by atoms with Crippen molar-refractivity contribution in [2.75, 3.05) is 11.9 Å². The second-order valence-electron chi connectivity index (χ2n) is 8.52. The normalized spacial score (nSPS) is 13.1. The summed E-state index contributed by atoms with van der Waals surface area (Å²) in [5, 5.41) is 14.3. The number of anilines is 1. The number of hydrogen-bond acceptors (Lipinski definition) is 5. The van der Waals surface area contributed by atoms with E-state index in [0.29, 0.717) is 24.8 Å². The number of hydrazine groups is 1. The van der Waals surface area contributed by atoms with Gasteiger partial charge in [0, 0.05) is 18.2 Å². The smallest absolute Gasteiger partial charge is 0.451 e. The van der Waals surface area contributed by atoms with Crippen molar-refractivity contribution in [1.29, 1.82) is 0 Å². The molecule has 0 aliphatic rings. The highest BCUT2D eigenvalue weighted by atomic mass is 19.4. The van der Waals surface area contributed by atoms with Crippen molar-refractivity contribution in [2.24, 2.45) is 5.92 Å². The molecule has 7 nitrogen and oxygen atoms in total. The van der Waals surface area contributed by atoms with Crippen LogP contribution in [0.15, 0.2) is 46.4 Å². The van der Waals surface area contributed by atoms with E-state index < -0.39 is 29.3 Å². The van der Waals surface area contributed by atoms with Crippen LogP contribution < -0.4 is 5.32 Å². The van der Waals surface area contributed by atoms with Gasteiger partial charge in [-0.3, -0.25) is 19.8 Å². The van der Waals surface area contributed by atoms with E-state index in [0.717, 1.165) is 29.1 Å². The van der Waals surface area contributed by atoms with Crippen LogP contribution in [0.5, 0.6) is 0 Å². The second-order valence-corrected chi connectivity index (χ2v) is 8.52. The summed E-state index contributed by atoms with van der Waals surface area (Å²) in [5.74, 6) is -2.43. The van der Waals surface area contributed by atoms with Crippen LogP contribution in [0.1, 0.15) is 56.6 Å². The number of aryl methyl sites for hydroxylation is 1. The predicted octanol–water partition coefficient (Wildman–Crippen LogP) is 6.09. The van der Waals surface area contributed by atoms with Gasteiger partial charge in [-0.15, -0.1) is 0 Å². The Labute approximate surface area is 207 Å². The molecular formula is C25H31F4N3O4.